The minimum absolute atomic E-state index is 0.120. The summed E-state index contributed by atoms with van der Waals surface area (Å²) in [6, 6.07) is 11.2. The Hall–Kier alpha value is -4.00. The zero-order valence-electron chi connectivity index (χ0n) is 14.7. The molecule has 0 heterocycles. The summed E-state index contributed by atoms with van der Waals surface area (Å²) in [5.41, 5.74) is 2.17. The van der Waals surface area contributed by atoms with Crippen LogP contribution in [0.2, 0.25) is 0 Å². The van der Waals surface area contributed by atoms with Crippen LogP contribution >= 0.6 is 0 Å². The fourth-order valence-corrected chi connectivity index (χ4v) is 3.00. The molecule has 0 aliphatic rings. The first-order valence-electron chi connectivity index (χ1n) is 8.16. The molecule has 0 fully saturated rings. The molecule has 28 heavy (non-hydrogen) atoms. The van der Waals surface area contributed by atoms with E-state index in [0.717, 1.165) is 5.56 Å². The molecular weight excluding hydrogens is 364 g/mol. The van der Waals surface area contributed by atoms with Gasteiger partial charge in [-0.25, -0.2) is 9.59 Å². The Labute approximate surface area is 159 Å². The lowest BCUT2D eigenvalue weighted by Crippen LogP contribution is -1.97. The van der Waals surface area contributed by atoms with Crippen LogP contribution in [0, 0.1) is 6.92 Å². The summed E-state index contributed by atoms with van der Waals surface area (Å²) < 4.78 is 0. The van der Waals surface area contributed by atoms with E-state index in [-0.39, 0.29) is 22.6 Å². The van der Waals surface area contributed by atoms with Gasteiger partial charge >= 0.3 is 11.9 Å². The zero-order valence-corrected chi connectivity index (χ0v) is 14.7. The molecule has 7 heteroatoms. The highest BCUT2D eigenvalue weighted by Crippen LogP contribution is 2.38. The molecule has 142 valence electrons. The quantitative estimate of drug-likeness (QED) is 0.464. The summed E-state index contributed by atoms with van der Waals surface area (Å²) in [5, 5.41) is 48.2. The largest absolute Gasteiger partial charge is 0.507 e. The van der Waals surface area contributed by atoms with Crippen molar-refractivity contribution in [1.29, 1.82) is 0 Å². The van der Waals surface area contributed by atoms with Crippen molar-refractivity contribution in [2.24, 2.45) is 0 Å². The predicted octanol–water partition coefficient (Wildman–Crippen LogP) is 3.84. The molecule has 0 saturated carbocycles. The summed E-state index contributed by atoms with van der Waals surface area (Å²) in [7, 11) is 0. The second-order valence-corrected chi connectivity index (χ2v) is 6.26. The lowest BCUT2D eigenvalue weighted by atomic mass is 9.93. The average Bonchev–Trinajstić information content (AvgIpc) is 2.62. The van der Waals surface area contributed by atoms with Crippen LogP contribution in [-0.2, 0) is 0 Å². The van der Waals surface area contributed by atoms with Gasteiger partial charge in [0.1, 0.15) is 28.4 Å². The molecule has 0 saturated heterocycles. The van der Waals surface area contributed by atoms with Crippen molar-refractivity contribution in [3.8, 4) is 39.5 Å². The minimum atomic E-state index is -1.26. The fourth-order valence-electron chi connectivity index (χ4n) is 3.00. The molecule has 3 rings (SSSR count). The molecule has 0 aliphatic heterocycles. The van der Waals surface area contributed by atoms with E-state index in [2.05, 4.69) is 0 Å². The molecule has 0 amide bonds. The van der Waals surface area contributed by atoms with E-state index in [1.165, 1.54) is 42.5 Å². The highest BCUT2D eigenvalue weighted by molar-refractivity contribution is 5.93. The Morgan fingerprint density at radius 2 is 1.11 bits per heavy atom. The van der Waals surface area contributed by atoms with E-state index in [9.17, 15) is 24.9 Å². The Morgan fingerprint density at radius 1 is 0.643 bits per heavy atom. The molecule has 0 bridgehead atoms. The van der Waals surface area contributed by atoms with Gasteiger partial charge in [0.15, 0.2) is 0 Å². The lowest BCUT2D eigenvalue weighted by molar-refractivity contribution is 0.0682. The number of carbonyl (C=O) groups is 2. The van der Waals surface area contributed by atoms with Crippen LogP contribution in [-0.4, -0.2) is 37.5 Å². The van der Waals surface area contributed by atoms with Gasteiger partial charge in [-0.15, -0.1) is 0 Å². The number of benzene rings is 3. The van der Waals surface area contributed by atoms with Gasteiger partial charge in [0.2, 0.25) is 0 Å². The first-order chi connectivity index (χ1) is 13.2. The molecule has 0 aliphatic carbocycles. The third-order valence-corrected chi connectivity index (χ3v) is 4.42. The maximum absolute atomic E-state index is 11.0. The van der Waals surface area contributed by atoms with Gasteiger partial charge < -0.3 is 25.5 Å². The number of aromatic carboxylic acids is 2. The number of aromatic hydroxyl groups is 3. The van der Waals surface area contributed by atoms with Crippen molar-refractivity contribution < 1.29 is 35.1 Å². The van der Waals surface area contributed by atoms with Crippen LogP contribution in [0.5, 0.6) is 17.2 Å². The Balaban J connectivity index is 2.07. The van der Waals surface area contributed by atoms with Crippen LogP contribution in [0.25, 0.3) is 22.3 Å². The van der Waals surface area contributed by atoms with Crippen molar-refractivity contribution >= 4 is 11.9 Å². The maximum Gasteiger partial charge on any atom is 0.339 e. The van der Waals surface area contributed by atoms with Gasteiger partial charge in [-0.1, -0.05) is 12.1 Å². The minimum Gasteiger partial charge on any atom is -0.507 e. The van der Waals surface area contributed by atoms with Crippen LogP contribution < -0.4 is 0 Å². The topological polar surface area (TPSA) is 135 Å². The van der Waals surface area contributed by atoms with Gasteiger partial charge in [0, 0.05) is 5.56 Å². The van der Waals surface area contributed by atoms with Crippen LogP contribution in [0.4, 0.5) is 0 Å². The third-order valence-electron chi connectivity index (χ3n) is 4.42. The Morgan fingerprint density at radius 3 is 1.54 bits per heavy atom. The standard InChI is InChI=1S/C21H16O7/c1-10-6-16(12-3-5-14(21(27)28)18(23)8-12)19(24)9-15(10)11-2-4-13(20(25)26)17(22)7-11/h2-9,22-24H,1H3,(H,25,26)(H,27,28). The number of carboxylic acid groups (broad SMARTS) is 2. The normalized spacial score (nSPS) is 10.6. The van der Waals surface area contributed by atoms with E-state index in [1.54, 1.807) is 13.0 Å². The van der Waals surface area contributed by atoms with E-state index in [1.807, 2.05) is 0 Å². The number of aryl methyl sites for hydroxylation is 1. The summed E-state index contributed by atoms with van der Waals surface area (Å²) in [6.07, 6.45) is 0. The molecule has 3 aromatic rings. The van der Waals surface area contributed by atoms with Gasteiger partial charge in [0.25, 0.3) is 0 Å². The van der Waals surface area contributed by atoms with Crippen LogP contribution in [0.1, 0.15) is 26.3 Å². The van der Waals surface area contributed by atoms with Crippen molar-refractivity contribution in [2.75, 3.05) is 0 Å². The highest BCUT2D eigenvalue weighted by Gasteiger charge is 2.16. The summed E-state index contributed by atoms with van der Waals surface area (Å²) >= 11 is 0. The van der Waals surface area contributed by atoms with Crippen LogP contribution in [0.3, 0.4) is 0 Å². The summed E-state index contributed by atoms with van der Waals surface area (Å²) in [4.78, 5) is 22.0. The van der Waals surface area contributed by atoms with E-state index < -0.39 is 17.7 Å². The van der Waals surface area contributed by atoms with Gasteiger partial charge in [-0.05, 0) is 65.6 Å². The predicted molar refractivity (Wildman–Crippen MR) is 101 cm³/mol. The molecule has 0 aromatic heterocycles. The Bertz CT molecular complexity index is 1030. The first kappa shape index (κ1) is 18.8. The molecule has 0 spiro atoms. The fraction of sp³-hybridized carbons (Fsp3) is 0.0476. The molecule has 5 N–H and O–H groups in total. The maximum atomic E-state index is 11.0. The highest BCUT2D eigenvalue weighted by atomic mass is 16.4. The van der Waals surface area contributed by atoms with Crippen molar-refractivity contribution in [2.45, 2.75) is 6.92 Å². The second kappa shape index (κ2) is 6.96. The Kier molecular flexibility index (Phi) is 4.67. The summed E-state index contributed by atoms with van der Waals surface area (Å²) in [6.45, 7) is 1.77. The van der Waals surface area contributed by atoms with Gasteiger partial charge in [0.05, 0.1) is 0 Å². The summed E-state index contributed by atoms with van der Waals surface area (Å²) in [5.74, 6) is -3.43. The molecular formula is C21H16O7. The third kappa shape index (κ3) is 3.33. The molecule has 7 nitrogen and oxygen atoms in total. The smallest absolute Gasteiger partial charge is 0.339 e. The molecule has 3 aromatic carbocycles. The van der Waals surface area contributed by atoms with Crippen molar-refractivity contribution in [3.63, 3.8) is 0 Å². The SMILES string of the molecule is Cc1cc(-c2ccc(C(=O)O)c(O)c2)c(O)cc1-c1ccc(C(=O)O)c(O)c1. The molecule has 0 unspecified atom stereocenters. The monoisotopic (exact) mass is 380 g/mol. The number of phenols is 3. The van der Waals surface area contributed by atoms with Gasteiger partial charge in [-0.2, -0.15) is 0 Å². The van der Waals surface area contributed by atoms with E-state index in [4.69, 9.17) is 10.2 Å². The van der Waals surface area contributed by atoms with E-state index in [0.29, 0.717) is 22.3 Å². The van der Waals surface area contributed by atoms with Crippen LogP contribution in [0.15, 0.2) is 48.5 Å². The molecule has 0 atom stereocenters. The number of hydrogen-bond donors (Lipinski definition) is 5. The van der Waals surface area contributed by atoms with E-state index >= 15 is 0 Å². The lowest BCUT2D eigenvalue weighted by Gasteiger charge is -2.13. The van der Waals surface area contributed by atoms with Gasteiger partial charge in [-0.3, -0.25) is 0 Å². The average molecular weight is 380 g/mol. The number of phenolic OH excluding ortho intramolecular Hbond substituents is 1. The zero-order chi connectivity index (χ0) is 20.6. The van der Waals surface area contributed by atoms with Crippen molar-refractivity contribution in [1.82, 2.24) is 0 Å². The first-order valence-corrected chi connectivity index (χ1v) is 8.16. The number of hydrogen-bond acceptors (Lipinski definition) is 5. The molecule has 0 radical (unpaired) electrons. The number of rotatable bonds is 4. The van der Waals surface area contributed by atoms with Crippen molar-refractivity contribution in [3.05, 3.63) is 65.2 Å². The second-order valence-electron chi connectivity index (χ2n) is 6.26. The number of carboxylic acids is 2.